The van der Waals surface area contributed by atoms with Crippen molar-refractivity contribution in [2.75, 3.05) is 4.90 Å². The summed E-state index contributed by atoms with van der Waals surface area (Å²) in [6, 6.07) is 41.5. The van der Waals surface area contributed by atoms with E-state index in [1.54, 1.807) is 0 Å². The highest BCUT2D eigenvalue weighted by molar-refractivity contribution is 5.95. The first-order valence-corrected chi connectivity index (χ1v) is 12.4. The molecule has 3 heteroatoms. The third kappa shape index (κ3) is 2.39. The topological polar surface area (TPSA) is 32.7 Å². The zero-order chi connectivity index (χ0) is 23.9. The molecule has 0 radical (unpaired) electrons. The number of para-hydroxylation sites is 2. The zero-order valence-corrected chi connectivity index (χ0v) is 19.6. The molecule has 5 aromatic rings. The van der Waals surface area contributed by atoms with Crippen LogP contribution in [0.4, 0.5) is 17.1 Å². The smallest absolute Gasteiger partial charge is 0.182 e. The maximum atomic E-state index is 10.4. The summed E-state index contributed by atoms with van der Waals surface area (Å²) in [4.78, 5) is 2.34. The summed E-state index contributed by atoms with van der Waals surface area (Å²) in [6.45, 7) is 0.445. The lowest BCUT2D eigenvalue weighted by Crippen LogP contribution is -2.36. The van der Waals surface area contributed by atoms with Crippen LogP contribution < -0.4 is 4.90 Å². The van der Waals surface area contributed by atoms with Crippen molar-refractivity contribution in [1.29, 1.82) is 0 Å². The Morgan fingerprint density at radius 1 is 0.639 bits per heavy atom. The molecular formula is C33H23NO2. The number of aliphatic hydroxyl groups excluding tert-OH is 1. The summed E-state index contributed by atoms with van der Waals surface area (Å²) in [7, 11) is 0. The third-order valence-electron chi connectivity index (χ3n) is 8.10. The number of aliphatic hydroxyl groups is 1. The van der Waals surface area contributed by atoms with Crippen molar-refractivity contribution in [2.45, 2.75) is 18.3 Å². The molecule has 0 bridgehead atoms. The predicted molar refractivity (Wildman–Crippen MR) is 142 cm³/mol. The lowest BCUT2D eigenvalue weighted by atomic mass is 9.64. The molecule has 1 unspecified atom stereocenters. The average Bonchev–Trinajstić information content (AvgIpc) is 3.45. The number of hydrogen-bond donors (Lipinski definition) is 1. The van der Waals surface area contributed by atoms with Crippen LogP contribution >= 0.6 is 0 Å². The first kappa shape index (κ1) is 20.1. The van der Waals surface area contributed by atoms with E-state index in [0.717, 1.165) is 28.2 Å². The van der Waals surface area contributed by atoms with Crippen LogP contribution in [0.3, 0.4) is 0 Å². The second-order valence-electron chi connectivity index (χ2n) is 9.76. The monoisotopic (exact) mass is 465 g/mol. The van der Waals surface area contributed by atoms with Crippen LogP contribution in [0.2, 0.25) is 0 Å². The van der Waals surface area contributed by atoms with E-state index in [4.69, 9.17) is 4.74 Å². The van der Waals surface area contributed by atoms with Crippen molar-refractivity contribution >= 4 is 17.1 Å². The lowest BCUT2D eigenvalue weighted by Gasteiger charge is -2.45. The quantitative estimate of drug-likeness (QED) is 0.275. The molecule has 1 N–H and O–H groups in total. The highest BCUT2D eigenvalue weighted by Gasteiger charge is 2.51. The van der Waals surface area contributed by atoms with E-state index >= 15 is 0 Å². The van der Waals surface area contributed by atoms with Crippen LogP contribution in [0.15, 0.2) is 115 Å². The molecule has 0 aromatic heterocycles. The average molecular weight is 466 g/mol. The fraction of sp³-hybridized carbons (Fsp3) is 0.0909. The van der Waals surface area contributed by atoms with Crippen LogP contribution in [-0.2, 0) is 16.8 Å². The van der Waals surface area contributed by atoms with Crippen molar-refractivity contribution in [3.05, 3.63) is 149 Å². The fourth-order valence-electron chi connectivity index (χ4n) is 6.68. The molecule has 2 aliphatic heterocycles. The van der Waals surface area contributed by atoms with Gasteiger partial charge in [0.15, 0.2) is 6.29 Å². The van der Waals surface area contributed by atoms with Crippen molar-refractivity contribution in [3.63, 3.8) is 0 Å². The van der Waals surface area contributed by atoms with Gasteiger partial charge in [-0.2, -0.15) is 0 Å². The minimum atomic E-state index is -0.879. The molecule has 0 fully saturated rings. The normalized spacial score (nSPS) is 17.8. The Morgan fingerprint density at radius 2 is 1.17 bits per heavy atom. The van der Waals surface area contributed by atoms with Gasteiger partial charge in [0.25, 0.3) is 0 Å². The molecule has 2 heterocycles. The van der Waals surface area contributed by atoms with E-state index in [1.165, 1.54) is 33.4 Å². The van der Waals surface area contributed by atoms with Gasteiger partial charge in [-0.05, 0) is 63.2 Å². The number of hydrogen-bond acceptors (Lipinski definition) is 3. The summed E-state index contributed by atoms with van der Waals surface area (Å²) >= 11 is 0. The first-order valence-electron chi connectivity index (χ1n) is 12.4. The molecule has 36 heavy (non-hydrogen) atoms. The predicted octanol–water partition coefficient (Wildman–Crippen LogP) is 7.35. The van der Waals surface area contributed by atoms with Gasteiger partial charge in [0.1, 0.15) is 0 Å². The summed E-state index contributed by atoms with van der Waals surface area (Å²) < 4.78 is 5.50. The molecule has 0 saturated heterocycles. The maximum Gasteiger partial charge on any atom is 0.182 e. The van der Waals surface area contributed by atoms with Crippen LogP contribution in [0, 0.1) is 0 Å². The van der Waals surface area contributed by atoms with E-state index in [9.17, 15) is 5.11 Å². The Balaban J connectivity index is 1.48. The first-order chi connectivity index (χ1) is 17.8. The Labute approximate surface area is 209 Å². The van der Waals surface area contributed by atoms with Gasteiger partial charge in [-0.25, -0.2) is 0 Å². The third-order valence-corrected chi connectivity index (χ3v) is 8.10. The van der Waals surface area contributed by atoms with Gasteiger partial charge < -0.3 is 14.7 Å². The molecule has 3 aliphatic rings. The summed E-state index contributed by atoms with van der Waals surface area (Å²) in [6.07, 6.45) is -0.879. The molecule has 1 atom stereocenters. The van der Waals surface area contributed by atoms with Gasteiger partial charge in [0.05, 0.1) is 23.4 Å². The summed E-state index contributed by atoms with van der Waals surface area (Å²) in [5, 5.41) is 10.4. The van der Waals surface area contributed by atoms with E-state index < -0.39 is 11.7 Å². The van der Waals surface area contributed by atoms with Crippen LogP contribution in [0.5, 0.6) is 0 Å². The summed E-state index contributed by atoms with van der Waals surface area (Å²) in [5.41, 5.74) is 12.6. The standard InChI is InChI=1S/C33H23NO2/c35-32-25-19-22(18-17-21(25)20-36-32)34-30-15-7-5-13-28(30)33(29-14-6-8-16-31(29)34)26-11-3-1-9-23(26)24-10-2-4-12-27(24)33/h1-19,32,35H,20H2. The molecule has 0 saturated carbocycles. The summed E-state index contributed by atoms with van der Waals surface area (Å²) in [5.74, 6) is 0. The minimum absolute atomic E-state index is 0.407. The Hall–Kier alpha value is -4.18. The number of fused-ring (bicyclic) bond motifs is 10. The zero-order valence-electron chi connectivity index (χ0n) is 19.6. The Morgan fingerprint density at radius 3 is 1.78 bits per heavy atom. The highest BCUT2D eigenvalue weighted by atomic mass is 16.6. The van der Waals surface area contributed by atoms with Crippen molar-refractivity contribution in [2.24, 2.45) is 0 Å². The fourth-order valence-corrected chi connectivity index (χ4v) is 6.68. The number of anilines is 3. The van der Waals surface area contributed by atoms with Crippen LogP contribution in [0.1, 0.15) is 39.7 Å². The second-order valence-corrected chi connectivity index (χ2v) is 9.76. The highest BCUT2D eigenvalue weighted by Crippen LogP contribution is 2.63. The molecule has 5 aromatic carbocycles. The van der Waals surface area contributed by atoms with E-state index in [2.05, 4.69) is 120 Å². The Bertz CT molecular complexity index is 1590. The van der Waals surface area contributed by atoms with Gasteiger partial charge in [0.2, 0.25) is 0 Å². The maximum absolute atomic E-state index is 10.4. The van der Waals surface area contributed by atoms with Gasteiger partial charge in [0, 0.05) is 11.3 Å². The molecule has 172 valence electrons. The van der Waals surface area contributed by atoms with E-state index in [1.807, 2.05) is 0 Å². The van der Waals surface area contributed by atoms with Crippen molar-refractivity contribution in [1.82, 2.24) is 0 Å². The second kappa shape index (κ2) is 7.17. The SMILES string of the molecule is OC1OCc2ccc(N3c4ccccc4C4(c5ccccc5-c5ccccc54)c4ccccc43)cc21. The molecule has 0 amide bonds. The van der Waals surface area contributed by atoms with Crippen LogP contribution in [-0.4, -0.2) is 5.11 Å². The van der Waals surface area contributed by atoms with Crippen molar-refractivity contribution < 1.29 is 9.84 Å². The number of benzene rings is 5. The number of nitrogens with zero attached hydrogens (tertiary/aromatic N) is 1. The largest absolute Gasteiger partial charge is 0.364 e. The van der Waals surface area contributed by atoms with Gasteiger partial charge in [-0.1, -0.05) is 91.0 Å². The van der Waals surface area contributed by atoms with Crippen molar-refractivity contribution in [3.8, 4) is 11.1 Å². The van der Waals surface area contributed by atoms with Crippen LogP contribution in [0.25, 0.3) is 11.1 Å². The molecule has 8 rings (SSSR count). The minimum Gasteiger partial charge on any atom is -0.364 e. The van der Waals surface area contributed by atoms with E-state index in [-0.39, 0.29) is 0 Å². The molecule has 3 nitrogen and oxygen atoms in total. The Kier molecular flexibility index (Phi) is 4.00. The lowest BCUT2D eigenvalue weighted by molar-refractivity contribution is -0.0918. The molecule has 1 aliphatic carbocycles. The number of rotatable bonds is 1. The molecular weight excluding hydrogens is 442 g/mol. The van der Waals surface area contributed by atoms with Gasteiger partial charge in [-0.15, -0.1) is 0 Å². The van der Waals surface area contributed by atoms with E-state index in [0.29, 0.717) is 6.61 Å². The van der Waals surface area contributed by atoms with Gasteiger partial charge in [-0.3, -0.25) is 0 Å². The molecule has 1 spiro atoms. The number of ether oxygens (including phenoxy) is 1. The van der Waals surface area contributed by atoms with Gasteiger partial charge >= 0.3 is 0 Å².